The zero-order chi connectivity index (χ0) is 15.1. The molecular formula is C12H14BBrN2O4. The van der Waals surface area contributed by atoms with Crippen LogP contribution < -0.4 is 5.46 Å². The summed E-state index contributed by atoms with van der Waals surface area (Å²) in [5, 5.41) is 19.2. The van der Waals surface area contributed by atoms with Crippen LogP contribution in [0, 0.1) is 0 Å². The molecule has 0 radical (unpaired) electrons. The zero-order valence-corrected chi connectivity index (χ0v) is 12.9. The fourth-order valence-electron chi connectivity index (χ4n) is 1.76. The maximum absolute atomic E-state index is 12.1. The van der Waals surface area contributed by atoms with Crippen LogP contribution in [0.5, 0.6) is 0 Å². The number of carbonyl (C=O) groups is 1. The minimum atomic E-state index is -1.70. The van der Waals surface area contributed by atoms with Crippen molar-refractivity contribution in [3.63, 3.8) is 0 Å². The summed E-state index contributed by atoms with van der Waals surface area (Å²) < 4.78 is 7.11. The molecule has 2 aromatic heterocycles. The molecule has 0 saturated carbocycles. The first-order chi connectivity index (χ1) is 9.19. The van der Waals surface area contributed by atoms with E-state index in [-0.39, 0.29) is 5.46 Å². The third-order valence-corrected chi connectivity index (χ3v) is 2.94. The lowest BCUT2D eigenvalue weighted by Crippen LogP contribution is -2.30. The lowest BCUT2D eigenvalue weighted by atomic mass is 9.80. The molecule has 0 saturated heterocycles. The number of carbonyl (C=O) groups excluding carboxylic acids is 1. The van der Waals surface area contributed by atoms with Gasteiger partial charge in [-0.05, 0) is 42.8 Å². The average molecular weight is 341 g/mol. The summed E-state index contributed by atoms with van der Waals surface area (Å²) in [6, 6.07) is 1.66. The number of rotatable bonds is 1. The Morgan fingerprint density at radius 1 is 1.45 bits per heavy atom. The van der Waals surface area contributed by atoms with Crippen LogP contribution in [-0.4, -0.2) is 38.4 Å². The van der Waals surface area contributed by atoms with Gasteiger partial charge in [0.05, 0.1) is 0 Å². The maximum Gasteiger partial charge on any atom is 0.490 e. The van der Waals surface area contributed by atoms with E-state index in [4.69, 9.17) is 4.74 Å². The lowest BCUT2D eigenvalue weighted by Gasteiger charge is -2.19. The van der Waals surface area contributed by atoms with Crippen LogP contribution in [0.4, 0.5) is 4.79 Å². The minimum absolute atomic E-state index is 0.194. The highest BCUT2D eigenvalue weighted by molar-refractivity contribution is 9.10. The van der Waals surface area contributed by atoms with Gasteiger partial charge in [-0.3, -0.25) is 0 Å². The summed E-state index contributed by atoms with van der Waals surface area (Å²) in [6.07, 6.45) is 2.23. The van der Waals surface area contributed by atoms with Gasteiger partial charge in [0.2, 0.25) is 0 Å². The van der Waals surface area contributed by atoms with Crippen LogP contribution in [0.1, 0.15) is 20.8 Å². The lowest BCUT2D eigenvalue weighted by molar-refractivity contribution is 0.0544. The molecule has 0 spiro atoms. The molecule has 0 amide bonds. The molecule has 0 aliphatic carbocycles. The van der Waals surface area contributed by atoms with Gasteiger partial charge >= 0.3 is 13.2 Å². The van der Waals surface area contributed by atoms with Crippen LogP contribution in [0.25, 0.3) is 11.0 Å². The van der Waals surface area contributed by atoms with Crippen LogP contribution in [-0.2, 0) is 4.74 Å². The number of aromatic nitrogens is 2. The Hall–Kier alpha value is -1.38. The molecule has 0 fully saturated rings. The van der Waals surface area contributed by atoms with Gasteiger partial charge in [0.1, 0.15) is 11.2 Å². The molecule has 2 aromatic rings. The minimum Gasteiger partial charge on any atom is -0.443 e. The quantitative estimate of drug-likeness (QED) is 0.763. The first kappa shape index (κ1) is 15.0. The third kappa shape index (κ3) is 3.03. The highest BCUT2D eigenvalue weighted by Crippen LogP contribution is 2.19. The molecule has 6 nitrogen and oxygen atoms in total. The summed E-state index contributed by atoms with van der Waals surface area (Å²) >= 11 is 3.26. The van der Waals surface area contributed by atoms with E-state index in [1.54, 1.807) is 26.8 Å². The largest absolute Gasteiger partial charge is 0.490 e. The Balaban J connectivity index is 2.57. The van der Waals surface area contributed by atoms with Crippen molar-refractivity contribution in [3.05, 3.63) is 22.9 Å². The van der Waals surface area contributed by atoms with Gasteiger partial charge in [0.15, 0.2) is 0 Å². The Morgan fingerprint density at radius 3 is 2.65 bits per heavy atom. The second-order valence-electron chi connectivity index (χ2n) is 5.33. The van der Waals surface area contributed by atoms with Crippen molar-refractivity contribution in [3.8, 4) is 0 Å². The number of nitrogens with zero attached hydrogens (tertiary/aromatic N) is 2. The van der Waals surface area contributed by atoms with Gasteiger partial charge in [-0.1, -0.05) is 0 Å². The topological polar surface area (TPSA) is 84.6 Å². The van der Waals surface area contributed by atoms with Gasteiger partial charge in [-0.25, -0.2) is 14.3 Å². The van der Waals surface area contributed by atoms with E-state index in [0.717, 1.165) is 0 Å². The molecule has 2 rings (SSSR count). The first-order valence-electron chi connectivity index (χ1n) is 5.95. The summed E-state index contributed by atoms with van der Waals surface area (Å²) in [4.78, 5) is 16.2. The second-order valence-corrected chi connectivity index (χ2v) is 6.25. The first-order valence-corrected chi connectivity index (χ1v) is 6.74. The van der Waals surface area contributed by atoms with Crippen molar-refractivity contribution >= 4 is 45.6 Å². The number of ether oxygens (including phenoxy) is 1. The molecule has 0 aliphatic heterocycles. The van der Waals surface area contributed by atoms with Crippen molar-refractivity contribution in [1.29, 1.82) is 0 Å². The van der Waals surface area contributed by atoms with E-state index < -0.39 is 18.8 Å². The SMILES string of the molecule is CC(C)(C)OC(=O)n1cc(B(O)O)c2cc(Br)cnc21. The normalized spacial score (nSPS) is 11.7. The molecule has 2 N–H and O–H groups in total. The van der Waals surface area contributed by atoms with Crippen molar-refractivity contribution in [2.24, 2.45) is 0 Å². The van der Waals surface area contributed by atoms with Crippen molar-refractivity contribution in [2.75, 3.05) is 0 Å². The molecule has 0 aliphatic rings. The molecular weight excluding hydrogens is 327 g/mol. The standard InChI is InChI=1S/C12H14BBrN2O4/c1-12(2,3)20-11(17)16-6-9(13(18)19)8-4-7(14)5-15-10(8)16/h4-6,18-19H,1-3H3. The summed E-state index contributed by atoms with van der Waals surface area (Å²) in [5.41, 5.74) is -0.147. The number of hydrogen-bond acceptors (Lipinski definition) is 5. The molecule has 0 atom stereocenters. The molecule has 8 heteroatoms. The van der Waals surface area contributed by atoms with Crippen LogP contribution >= 0.6 is 15.9 Å². The van der Waals surface area contributed by atoms with Gasteiger partial charge in [0, 0.05) is 27.7 Å². The molecule has 0 bridgehead atoms. The zero-order valence-electron chi connectivity index (χ0n) is 11.3. The highest BCUT2D eigenvalue weighted by Gasteiger charge is 2.25. The van der Waals surface area contributed by atoms with E-state index in [0.29, 0.717) is 15.5 Å². The van der Waals surface area contributed by atoms with E-state index in [1.165, 1.54) is 17.0 Å². The number of fused-ring (bicyclic) bond motifs is 1. The molecule has 0 aromatic carbocycles. The highest BCUT2D eigenvalue weighted by atomic mass is 79.9. The van der Waals surface area contributed by atoms with E-state index >= 15 is 0 Å². The van der Waals surface area contributed by atoms with E-state index in [1.807, 2.05) is 0 Å². The third-order valence-electron chi connectivity index (χ3n) is 2.51. The molecule has 2 heterocycles. The summed E-state index contributed by atoms with van der Waals surface area (Å²) in [6.45, 7) is 5.26. The number of pyridine rings is 1. The summed E-state index contributed by atoms with van der Waals surface area (Å²) in [7, 11) is -1.70. The Bertz CT molecular complexity index is 663. The Morgan fingerprint density at radius 2 is 2.10 bits per heavy atom. The predicted octanol–water partition coefficient (Wildman–Crippen LogP) is 1.26. The fraction of sp³-hybridized carbons (Fsp3) is 0.333. The van der Waals surface area contributed by atoms with Crippen LogP contribution in [0.15, 0.2) is 22.9 Å². The van der Waals surface area contributed by atoms with Gasteiger partial charge in [-0.2, -0.15) is 0 Å². The monoisotopic (exact) mass is 340 g/mol. The Kier molecular flexibility index (Phi) is 3.90. The molecule has 0 unspecified atom stereocenters. The maximum atomic E-state index is 12.1. The molecule has 106 valence electrons. The van der Waals surface area contributed by atoms with Crippen molar-refractivity contribution < 1.29 is 19.6 Å². The van der Waals surface area contributed by atoms with Gasteiger partial charge in [0.25, 0.3) is 0 Å². The second kappa shape index (κ2) is 5.19. The van der Waals surface area contributed by atoms with Crippen LogP contribution in [0.2, 0.25) is 0 Å². The van der Waals surface area contributed by atoms with Gasteiger partial charge in [-0.15, -0.1) is 0 Å². The average Bonchev–Trinajstić information content (AvgIpc) is 2.65. The fourth-order valence-corrected chi connectivity index (χ4v) is 2.09. The van der Waals surface area contributed by atoms with Crippen molar-refractivity contribution in [2.45, 2.75) is 26.4 Å². The number of halogens is 1. The van der Waals surface area contributed by atoms with Crippen molar-refractivity contribution in [1.82, 2.24) is 9.55 Å². The number of hydrogen-bond donors (Lipinski definition) is 2. The van der Waals surface area contributed by atoms with Crippen LogP contribution in [0.3, 0.4) is 0 Å². The van der Waals surface area contributed by atoms with Gasteiger partial charge < -0.3 is 14.8 Å². The van der Waals surface area contributed by atoms with E-state index in [9.17, 15) is 14.8 Å². The summed E-state index contributed by atoms with van der Waals surface area (Å²) in [5.74, 6) is 0. The Labute approximate surface area is 124 Å². The predicted molar refractivity (Wildman–Crippen MR) is 78.9 cm³/mol. The molecule has 20 heavy (non-hydrogen) atoms. The van der Waals surface area contributed by atoms with E-state index in [2.05, 4.69) is 20.9 Å². The smallest absolute Gasteiger partial charge is 0.443 e.